The number of nitrogens with two attached hydrogens (primary N) is 1. The lowest BCUT2D eigenvalue weighted by atomic mass is 9.77. The Bertz CT molecular complexity index is 890. The molecule has 1 saturated carbocycles. The minimum absolute atomic E-state index is 0.241. The van der Waals surface area contributed by atoms with E-state index in [2.05, 4.69) is 65.8 Å². The van der Waals surface area contributed by atoms with Crippen molar-refractivity contribution in [2.45, 2.75) is 51.6 Å². The lowest BCUT2D eigenvalue weighted by molar-refractivity contribution is 0.229. The van der Waals surface area contributed by atoms with Gasteiger partial charge in [0.05, 0.1) is 17.1 Å². The standard InChI is InChI=1S/C20H24N4O/c1-13-12-17(18-22-19(23-25-18)20(21)10-7-11-20)15(3)24(13)14(2)16-8-5-4-6-9-16/h4-6,8-9,12,14H,7,10-11,21H2,1-3H3. The van der Waals surface area contributed by atoms with Gasteiger partial charge < -0.3 is 14.8 Å². The zero-order valence-corrected chi connectivity index (χ0v) is 15.0. The van der Waals surface area contributed by atoms with Crippen LogP contribution in [0.2, 0.25) is 0 Å². The first-order valence-electron chi connectivity index (χ1n) is 8.86. The molecule has 0 amide bonds. The molecule has 1 aromatic carbocycles. The van der Waals surface area contributed by atoms with Crippen molar-refractivity contribution in [1.29, 1.82) is 0 Å². The van der Waals surface area contributed by atoms with Crippen molar-refractivity contribution in [3.63, 3.8) is 0 Å². The van der Waals surface area contributed by atoms with E-state index in [1.54, 1.807) is 0 Å². The van der Waals surface area contributed by atoms with Crippen molar-refractivity contribution >= 4 is 0 Å². The normalized spacial score (nSPS) is 17.3. The zero-order chi connectivity index (χ0) is 17.6. The number of benzene rings is 1. The topological polar surface area (TPSA) is 69.9 Å². The first-order valence-corrected chi connectivity index (χ1v) is 8.86. The van der Waals surface area contributed by atoms with E-state index < -0.39 is 5.54 Å². The summed E-state index contributed by atoms with van der Waals surface area (Å²) in [5, 5.41) is 4.15. The Kier molecular flexibility index (Phi) is 3.76. The van der Waals surface area contributed by atoms with Crippen LogP contribution in [0.15, 0.2) is 40.9 Å². The molecular weight excluding hydrogens is 312 g/mol. The number of rotatable bonds is 4. The molecule has 5 nitrogen and oxygen atoms in total. The zero-order valence-electron chi connectivity index (χ0n) is 15.0. The van der Waals surface area contributed by atoms with Crippen LogP contribution in [0.3, 0.4) is 0 Å². The molecule has 1 aliphatic carbocycles. The smallest absolute Gasteiger partial charge is 0.259 e. The van der Waals surface area contributed by atoms with Crippen LogP contribution in [0.5, 0.6) is 0 Å². The van der Waals surface area contributed by atoms with Gasteiger partial charge in [-0.25, -0.2) is 0 Å². The Morgan fingerprint density at radius 2 is 1.92 bits per heavy atom. The van der Waals surface area contributed by atoms with Gasteiger partial charge >= 0.3 is 0 Å². The van der Waals surface area contributed by atoms with Gasteiger partial charge in [0.25, 0.3) is 5.89 Å². The van der Waals surface area contributed by atoms with Crippen molar-refractivity contribution in [3.05, 3.63) is 59.2 Å². The Morgan fingerprint density at radius 1 is 1.20 bits per heavy atom. The van der Waals surface area contributed by atoms with Crippen molar-refractivity contribution in [2.75, 3.05) is 0 Å². The highest BCUT2D eigenvalue weighted by molar-refractivity contribution is 5.59. The first-order chi connectivity index (χ1) is 12.0. The molecule has 0 radical (unpaired) electrons. The molecule has 1 atom stereocenters. The molecule has 0 bridgehead atoms. The molecule has 2 heterocycles. The van der Waals surface area contributed by atoms with Crippen molar-refractivity contribution in [3.8, 4) is 11.5 Å². The van der Waals surface area contributed by atoms with Gasteiger partial charge in [-0.1, -0.05) is 35.5 Å². The SMILES string of the molecule is Cc1cc(-c2nc(C3(N)CCC3)no2)c(C)n1C(C)c1ccccc1. The van der Waals surface area contributed by atoms with Crippen molar-refractivity contribution in [2.24, 2.45) is 5.73 Å². The average molecular weight is 336 g/mol. The van der Waals surface area contributed by atoms with Crippen LogP contribution < -0.4 is 5.73 Å². The Morgan fingerprint density at radius 3 is 2.56 bits per heavy atom. The van der Waals surface area contributed by atoms with Gasteiger partial charge in [0.15, 0.2) is 5.82 Å². The van der Waals surface area contributed by atoms with Crippen LogP contribution in [0, 0.1) is 13.8 Å². The molecule has 0 spiro atoms. The largest absolute Gasteiger partial charge is 0.341 e. The van der Waals surface area contributed by atoms with Gasteiger partial charge in [0.2, 0.25) is 0 Å². The van der Waals surface area contributed by atoms with E-state index in [4.69, 9.17) is 10.3 Å². The van der Waals surface area contributed by atoms with Gasteiger partial charge in [-0.3, -0.25) is 0 Å². The summed E-state index contributed by atoms with van der Waals surface area (Å²) in [6, 6.07) is 12.9. The highest BCUT2D eigenvalue weighted by Gasteiger charge is 2.39. The molecule has 4 rings (SSSR count). The van der Waals surface area contributed by atoms with Crippen LogP contribution in [0.1, 0.15) is 55.0 Å². The van der Waals surface area contributed by atoms with Gasteiger partial charge in [0.1, 0.15) is 0 Å². The molecule has 3 aromatic rings. The quantitative estimate of drug-likeness (QED) is 0.778. The fourth-order valence-corrected chi connectivity index (χ4v) is 3.79. The molecule has 1 unspecified atom stereocenters. The number of hydrogen-bond acceptors (Lipinski definition) is 4. The molecule has 130 valence electrons. The second-order valence-electron chi connectivity index (χ2n) is 7.17. The fourth-order valence-electron chi connectivity index (χ4n) is 3.79. The molecule has 25 heavy (non-hydrogen) atoms. The van der Waals surface area contributed by atoms with Crippen molar-refractivity contribution < 1.29 is 4.52 Å². The van der Waals surface area contributed by atoms with E-state index in [1.165, 1.54) is 11.3 Å². The molecule has 2 N–H and O–H groups in total. The minimum Gasteiger partial charge on any atom is -0.341 e. The van der Waals surface area contributed by atoms with Crippen LogP contribution in [0.4, 0.5) is 0 Å². The third-order valence-corrected chi connectivity index (χ3v) is 5.50. The summed E-state index contributed by atoms with van der Waals surface area (Å²) in [6.07, 6.45) is 2.98. The summed E-state index contributed by atoms with van der Waals surface area (Å²) >= 11 is 0. The molecular formula is C20H24N4O. The number of nitrogens with zero attached hydrogens (tertiary/aromatic N) is 3. The predicted molar refractivity (Wildman–Crippen MR) is 97.2 cm³/mol. The Labute approximate surface area is 147 Å². The van der Waals surface area contributed by atoms with Gasteiger partial charge in [0, 0.05) is 11.4 Å². The number of hydrogen-bond donors (Lipinski definition) is 1. The summed E-state index contributed by atoms with van der Waals surface area (Å²) in [6.45, 7) is 6.43. The average Bonchev–Trinajstić information content (AvgIpc) is 3.18. The van der Waals surface area contributed by atoms with Crippen LogP contribution in [0.25, 0.3) is 11.5 Å². The summed E-state index contributed by atoms with van der Waals surface area (Å²) in [4.78, 5) is 4.61. The molecule has 1 fully saturated rings. The molecule has 0 aliphatic heterocycles. The maximum Gasteiger partial charge on any atom is 0.259 e. The van der Waals surface area contributed by atoms with Crippen LogP contribution in [-0.4, -0.2) is 14.7 Å². The fraction of sp³-hybridized carbons (Fsp3) is 0.400. The van der Waals surface area contributed by atoms with Gasteiger partial charge in [-0.05, 0) is 51.7 Å². The summed E-state index contributed by atoms with van der Waals surface area (Å²) in [5.41, 5.74) is 10.5. The third kappa shape index (κ3) is 2.59. The summed E-state index contributed by atoms with van der Waals surface area (Å²) in [5.74, 6) is 1.20. The first kappa shape index (κ1) is 16.1. The van der Waals surface area contributed by atoms with Gasteiger partial charge in [-0.15, -0.1) is 0 Å². The highest BCUT2D eigenvalue weighted by atomic mass is 16.5. The van der Waals surface area contributed by atoms with E-state index in [-0.39, 0.29) is 6.04 Å². The number of aromatic nitrogens is 3. The third-order valence-electron chi connectivity index (χ3n) is 5.50. The maximum atomic E-state index is 6.32. The van der Waals surface area contributed by atoms with Crippen LogP contribution in [-0.2, 0) is 5.54 Å². The molecule has 5 heteroatoms. The van der Waals surface area contributed by atoms with E-state index in [9.17, 15) is 0 Å². The highest BCUT2D eigenvalue weighted by Crippen LogP contribution is 2.38. The lowest BCUT2D eigenvalue weighted by Crippen LogP contribution is -2.44. The Hall–Kier alpha value is -2.40. The summed E-state index contributed by atoms with van der Waals surface area (Å²) in [7, 11) is 0. The monoisotopic (exact) mass is 336 g/mol. The summed E-state index contributed by atoms with van der Waals surface area (Å²) < 4.78 is 7.87. The molecule has 0 saturated heterocycles. The van der Waals surface area contributed by atoms with Gasteiger partial charge in [-0.2, -0.15) is 4.98 Å². The second-order valence-corrected chi connectivity index (χ2v) is 7.17. The number of aryl methyl sites for hydroxylation is 1. The van der Waals surface area contributed by atoms with E-state index in [0.29, 0.717) is 11.7 Å². The van der Waals surface area contributed by atoms with Crippen molar-refractivity contribution in [1.82, 2.24) is 14.7 Å². The minimum atomic E-state index is -0.398. The van der Waals surface area contributed by atoms with E-state index >= 15 is 0 Å². The van der Waals surface area contributed by atoms with E-state index in [1.807, 2.05) is 6.07 Å². The molecule has 1 aliphatic rings. The van der Waals surface area contributed by atoms with Crippen LogP contribution >= 0.6 is 0 Å². The second kappa shape index (κ2) is 5.85. The van der Waals surface area contributed by atoms with E-state index in [0.717, 1.165) is 30.5 Å². The predicted octanol–water partition coefficient (Wildman–Crippen LogP) is 4.10. The molecule has 2 aromatic heterocycles. The lowest BCUT2D eigenvalue weighted by Gasteiger charge is -2.34. The maximum absolute atomic E-state index is 6.32. The Balaban J connectivity index is 1.71.